The Bertz CT molecular complexity index is 369. The van der Waals surface area contributed by atoms with Crippen LogP contribution in [0.5, 0.6) is 0 Å². The average Bonchev–Trinajstić information content (AvgIpc) is 2.41. The third kappa shape index (κ3) is 6.16. The van der Waals surface area contributed by atoms with Crippen LogP contribution in [0.3, 0.4) is 0 Å². The van der Waals surface area contributed by atoms with Crippen molar-refractivity contribution >= 4 is 0 Å². The third-order valence-electron chi connectivity index (χ3n) is 3.25. The Hall–Kier alpha value is -0.940. The minimum Gasteiger partial charge on any atom is -0.382 e. The second-order valence-corrected chi connectivity index (χ2v) is 4.89. The lowest BCUT2D eigenvalue weighted by atomic mass is 9.98. The van der Waals surface area contributed by atoms with Crippen molar-refractivity contribution in [2.24, 2.45) is 5.84 Å². The minimum absolute atomic E-state index is 0.239. The molecule has 0 radical (unpaired) electrons. The number of benzene rings is 1. The molecular formula is C15H26N2O2. The van der Waals surface area contributed by atoms with Crippen LogP contribution >= 0.6 is 0 Å². The van der Waals surface area contributed by atoms with E-state index in [0.717, 1.165) is 12.8 Å². The smallest absolute Gasteiger partial charge is 0.0700 e. The maximum absolute atomic E-state index is 5.62. The highest BCUT2D eigenvalue weighted by molar-refractivity contribution is 5.31. The third-order valence-corrected chi connectivity index (χ3v) is 3.25. The fraction of sp³-hybridized carbons (Fsp3) is 0.600. The second kappa shape index (κ2) is 9.04. The van der Waals surface area contributed by atoms with Crippen LogP contribution in [0.4, 0.5) is 0 Å². The number of nitrogens with two attached hydrogens (primary N) is 1. The molecule has 108 valence electrons. The van der Waals surface area contributed by atoms with Gasteiger partial charge in [0.1, 0.15) is 0 Å². The van der Waals surface area contributed by atoms with Gasteiger partial charge in [0.2, 0.25) is 0 Å². The normalized spacial score (nSPS) is 12.6. The maximum atomic E-state index is 5.62. The molecule has 3 N–H and O–H groups in total. The minimum atomic E-state index is 0.239. The molecule has 1 atom stereocenters. The van der Waals surface area contributed by atoms with E-state index in [4.69, 9.17) is 15.3 Å². The molecule has 0 saturated carbocycles. The molecule has 0 aromatic heterocycles. The summed E-state index contributed by atoms with van der Waals surface area (Å²) >= 11 is 0. The van der Waals surface area contributed by atoms with Crippen LogP contribution in [0.25, 0.3) is 0 Å². The van der Waals surface area contributed by atoms with Crippen LogP contribution < -0.4 is 11.3 Å². The molecule has 4 heteroatoms. The van der Waals surface area contributed by atoms with Crippen LogP contribution in [-0.4, -0.2) is 33.0 Å². The van der Waals surface area contributed by atoms with E-state index in [1.54, 1.807) is 7.11 Å². The summed E-state index contributed by atoms with van der Waals surface area (Å²) in [6.45, 7) is 6.22. The van der Waals surface area contributed by atoms with Gasteiger partial charge < -0.3 is 9.47 Å². The van der Waals surface area contributed by atoms with Crippen molar-refractivity contribution < 1.29 is 9.47 Å². The van der Waals surface area contributed by atoms with Gasteiger partial charge in [-0.05, 0) is 37.8 Å². The predicted molar refractivity (Wildman–Crippen MR) is 78.0 cm³/mol. The Morgan fingerprint density at radius 1 is 1.21 bits per heavy atom. The van der Waals surface area contributed by atoms with E-state index in [1.165, 1.54) is 16.7 Å². The van der Waals surface area contributed by atoms with Gasteiger partial charge in [0.05, 0.1) is 13.2 Å². The topological polar surface area (TPSA) is 56.5 Å². The molecule has 1 unspecified atom stereocenters. The van der Waals surface area contributed by atoms with Gasteiger partial charge >= 0.3 is 0 Å². The number of methoxy groups -OCH3 is 1. The van der Waals surface area contributed by atoms with Gasteiger partial charge in [-0.25, -0.2) is 0 Å². The summed E-state index contributed by atoms with van der Waals surface area (Å²) < 4.78 is 10.4. The van der Waals surface area contributed by atoms with E-state index in [1.807, 2.05) is 0 Å². The van der Waals surface area contributed by atoms with Gasteiger partial charge in [-0.15, -0.1) is 0 Å². The average molecular weight is 266 g/mol. The first-order valence-electron chi connectivity index (χ1n) is 6.76. The van der Waals surface area contributed by atoms with Crippen molar-refractivity contribution in [2.75, 3.05) is 26.9 Å². The van der Waals surface area contributed by atoms with E-state index in [-0.39, 0.29) is 6.04 Å². The zero-order chi connectivity index (χ0) is 14.1. The number of nitrogens with one attached hydrogen (secondary N) is 1. The van der Waals surface area contributed by atoms with Gasteiger partial charge in [0, 0.05) is 19.8 Å². The highest BCUT2D eigenvalue weighted by atomic mass is 16.5. The van der Waals surface area contributed by atoms with Crippen LogP contribution in [0.1, 0.15) is 23.1 Å². The Kier molecular flexibility index (Phi) is 7.67. The Labute approximate surface area is 116 Å². The molecule has 4 nitrogen and oxygen atoms in total. The van der Waals surface area contributed by atoms with E-state index in [0.29, 0.717) is 19.8 Å². The molecule has 0 amide bonds. The molecule has 0 aliphatic rings. The zero-order valence-electron chi connectivity index (χ0n) is 12.2. The molecule has 0 aliphatic heterocycles. The molecule has 19 heavy (non-hydrogen) atoms. The molecule has 1 aromatic carbocycles. The molecule has 0 saturated heterocycles. The number of hydrazine groups is 1. The van der Waals surface area contributed by atoms with Gasteiger partial charge in [0.15, 0.2) is 0 Å². The molecule has 0 spiro atoms. The van der Waals surface area contributed by atoms with Gasteiger partial charge in [-0.3, -0.25) is 11.3 Å². The van der Waals surface area contributed by atoms with Crippen LogP contribution in [-0.2, 0) is 15.9 Å². The number of hydrogen-bond acceptors (Lipinski definition) is 4. The lowest BCUT2D eigenvalue weighted by molar-refractivity contribution is 0.0658. The van der Waals surface area contributed by atoms with Crippen LogP contribution in [0.15, 0.2) is 18.2 Å². The largest absolute Gasteiger partial charge is 0.382 e. The lowest BCUT2D eigenvalue weighted by Gasteiger charge is -2.17. The highest BCUT2D eigenvalue weighted by Gasteiger charge is 2.09. The molecule has 1 rings (SSSR count). The number of aryl methyl sites for hydroxylation is 2. The standard InChI is InChI=1S/C15H26N2O2/c1-12-4-5-13(2)14(10-12)11-15(17-16)6-7-19-9-8-18-3/h4-5,10,15,17H,6-9,11,16H2,1-3H3. The van der Waals surface area contributed by atoms with Crippen molar-refractivity contribution in [1.82, 2.24) is 5.43 Å². The molecular weight excluding hydrogens is 240 g/mol. The summed E-state index contributed by atoms with van der Waals surface area (Å²) in [5, 5.41) is 0. The van der Waals surface area contributed by atoms with Crippen molar-refractivity contribution in [3.8, 4) is 0 Å². The molecule has 0 bridgehead atoms. The summed E-state index contributed by atoms with van der Waals surface area (Å²) in [4.78, 5) is 0. The molecule has 0 heterocycles. The Morgan fingerprint density at radius 2 is 2.00 bits per heavy atom. The van der Waals surface area contributed by atoms with Crippen molar-refractivity contribution in [3.63, 3.8) is 0 Å². The summed E-state index contributed by atoms with van der Waals surface area (Å²) in [5.41, 5.74) is 6.82. The fourth-order valence-corrected chi connectivity index (χ4v) is 2.00. The van der Waals surface area contributed by atoms with E-state index in [2.05, 4.69) is 37.5 Å². The maximum Gasteiger partial charge on any atom is 0.0700 e. The van der Waals surface area contributed by atoms with E-state index >= 15 is 0 Å². The van der Waals surface area contributed by atoms with Gasteiger partial charge in [-0.2, -0.15) is 0 Å². The first-order valence-corrected chi connectivity index (χ1v) is 6.76. The van der Waals surface area contributed by atoms with Crippen LogP contribution in [0.2, 0.25) is 0 Å². The predicted octanol–water partition coefficient (Wildman–Crippen LogP) is 1.73. The summed E-state index contributed by atoms with van der Waals surface area (Å²) in [6.07, 6.45) is 1.82. The summed E-state index contributed by atoms with van der Waals surface area (Å²) in [6, 6.07) is 6.76. The Morgan fingerprint density at radius 3 is 2.68 bits per heavy atom. The molecule has 1 aromatic rings. The van der Waals surface area contributed by atoms with Crippen molar-refractivity contribution in [2.45, 2.75) is 32.7 Å². The Balaban J connectivity index is 2.41. The monoisotopic (exact) mass is 266 g/mol. The van der Waals surface area contributed by atoms with Crippen molar-refractivity contribution in [1.29, 1.82) is 0 Å². The van der Waals surface area contributed by atoms with Gasteiger partial charge in [-0.1, -0.05) is 23.8 Å². The van der Waals surface area contributed by atoms with E-state index in [9.17, 15) is 0 Å². The number of hydrogen-bond donors (Lipinski definition) is 2. The quantitative estimate of drug-likeness (QED) is 0.406. The van der Waals surface area contributed by atoms with Crippen molar-refractivity contribution in [3.05, 3.63) is 34.9 Å². The summed E-state index contributed by atoms with van der Waals surface area (Å²) in [7, 11) is 1.67. The molecule has 0 aliphatic carbocycles. The van der Waals surface area contributed by atoms with Gasteiger partial charge in [0.25, 0.3) is 0 Å². The number of rotatable bonds is 9. The fourth-order valence-electron chi connectivity index (χ4n) is 2.00. The first-order chi connectivity index (χ1) is 9.17. The molecule has 0 fully saturated rings. The SMILES string of the molecule is COCCOCCC(Cc1cc(C)ccc1C)NN. The van der Waals surface area contributed by atoms with E-state index < -0.39 is 0 Å². The zero-order valence-corrected chi connectivity index (χ0v) is 12.2. The highest BCUT2D eigenvalue weighted by Crippen LogP contribution is 2.13. The first kappa shape index (κ1) is 16.1. The lowest BCUT2D eigenvalue weighted by Crippen LogP contribution is -2.37. The second-order valence-electron chi connectivity index (χ2n) is 4.89. The summed E-state index contributed by atoms with van der Waals surface area (Å²) in [5.74, 6) is 5.62. The van der Waals surface area contributed by atoms with Crippen LogP contribution in [0, 0.1) is 13.8 Å². The number of ether oxygens (including phenoxy) is 2.